The molecule has 1 aliphatic rings. The second kappa shape index (κ2) is 6.86. The maximum atomic E-state index is 12.2. The van der Waals surface area contributed by atoms with Crippen LogP contribution < -0.4 is 5.73 Å². The molecule has 0 spiro atoms. The largest absolute Gasteiger partial charge is 0.378 e. The number of nitrogens with zero attached hydrogens (tertiary/aromatic N) is 1. The SMILES string of the molecule is CCC(C)CC(CN)C(=O)N1CCOCC1. The number of nitrogens with two attached hydrogens (primary N) is 1. The molecule has 94 valence electrons. The molecule has 0 aromatic carbocycles. The third-order valence-electron chi connectivity index (χ3n) is 3.34. The predicted octanol–water partition coefficient (Wildman–Crippen LogP) is 0.856. The number of morpholine rings is 1. The quantitative estimate of drug-likeness (QED) is 0.759. The minimum absolute atomic E-state index is 0.00644. The Kier molecular flexibility index (Phi) is 5.77. The fourth-order valence-corrected chi connectivity index (χ4v) is 1.99. The van der Waals surface area contributed by atoms with E-state index in [0.29, 0.717) is 25.7 Å². The molecule has 0 bridgehead atoms. The second-order valence-electron chi connectivity index (χ2n) is 4.62. The molecule has 1 amide bonds. The lowest BCUT2D eigenvalue weighted by Gasteiger charge is -2.30. The van der Waals surface area contributed by atoms with Crippen molar-refractivity contribution < 1.29 is 9.53 Å². The van der Waals surface area contributed by atoms with Gasteiger partial charge in [-0.05, 0) is 12.3 Å². The van der Waals surface area contributed by atoms with Gasteiger partial charge in [-0.3, -0.25) is 4.79 Å². The molecule has 0 saturated carbocycles. The third kappa shape index (κ3) is 3.76. The van der Waals surface area contributed by atoms with Crippen LogP contribution in [-0.2, 0) is 9.53 Å². The summed E-state index contributed by atoms with van der Waals surface area (Å²) in [6, 6.07) is 0. The van der Waals surface area contributed by atoms with Gasteiger partial charge >= 0.3 is 0 Å². The average molecular weight is 228 g/mol. The van der Waals surface area contributed by atoms with Gasteiger partial charge in [0.05, 0.1) is 19.1 Å². The molecule has 1 fully saturated rings. The van der Waals surface area contributed by atoms with E-state index in [0.717, 1.165) is 25.9 Å². The molecule has 0 radical (unpaired) electrons. The van der Waals surface area contributed by atoms with E-state index in [-0.39, 0.29) is 11.8 Å². The zero-order valence-electron chi connectivity index (χ0n) is 10.4. The number of carbonyl (C=O) groups is 1. The number of hydrogen-bond acceptors (Lipinski definition) is 3. The number of rotatable bonds is 5. The van der Waals surface area contributed by atoms with Gasteiger partial charge in [0.2, 0.25) is 5.91 Å². The highest BCUT2D eigenvalue weighted by Gasteiger charge is 2.25. The van der Waals surface area contributed by atoms with Crippen LogP contribution in [0.1, 0.15) is 26.7 Å². The zero-order chi connectivity index (χ0) is 12.0. The summed E-state index contributed by atoms with van der Waals surface area (Å²) >= 11 is 0. The molecule has 2 N–H and O–H groups in total. The molecular weight excluding hydrogens is 204 g/mol. The number of hydrogen-bond donors (Lipinski definition) is 1. The van der Waals surface area contributed by atoms with Crippen LogP contribution in [0, 0.1) is 11.8 Å². The van der Waals surface area contributed by atoms with E-state index in [1.165, 1.54) is 0 Å². The van der Waals surface area contributed by atoms with E-state index >= 15 is 0 Å². The van der Waals surface area contributed by atoms with Gasteiger partial charge in [0, 0.05) is 19.6 Å². The fourth-order valence-electron chi connectivity index (χ4n) is 1.99. The monoisotopic (exact) mass is 228 g/mol. The van der Waals surface area contributed by atoms with Gasteiger partial charge in [-0.2, -0.15) is 0 Å². The molecular formula is C12H24N2O2. The van der Waals surface area contributed by atoms with Crippen LogP contribution in [0.4, 0.5) is 0 Å². The Morgan fingerprint density at radius 2 is 2.06 bits per heavy atom. The molecule has 16 heavy (non-hydrogen) atoms. The highest BCUT2D eigenvalue weighted by Crippen LogP contribution is 2.17. The molecule has 2 atom stereocenters. The predicted molar refractivity (Wildman–Crippen MR) is 64.0 cm³/mol. The van der Waals surface area contributed by atoms with Crippen LogP contribution >= 0.6 is 0 Å². The van der Waals surface area contributed by atoms with Crippen LogP contribution in [0.3, 0.4) is 0 Å². The van der Waals surface area contributed by atoms with Gasteiger partial charge in [-0.25, -0.2) is 0 Å². The van der Waals surface area contributed by atoms with Crippen molar-refractivity contribution in [2.24, 2.45) is 17.6 Å². The van der Waals surface area contributed by atoms with Crippen molar-refractivity contribution in [1.29, 1.82) is 0 Å². The second-order valence-corrected chi connectivity index (χ2v) is 4.62. The van der Waals surface area contributed by atoms with E-state index in [1.54, 1.807) is 0 Å². The Balaban J connectivity index is 2.47. The Morgan fingerprint density at radius 1 is 1.44 bits per heavy atom. The summed E-state index contributed by atoms with van der Waals surface area (Å²) in [6.45, 7) is 7.54. The van der Waals surface area contributed by atoms with E-state index in [4.69, 9.17) is 10.5 Å². The molecule has 0 aliphatic carbocycles. The Labute approximate surface area is 98.1 Å². The molecule has 4 nitrogen and oxygen atoms in total. The van der Waals surface area contributed by atoms with Crippen molar-refractivity contribution >= 4 is 5.91 Å². The maximum absolute atomic E-state index is 12.2. The van der Waals surface area contributed by atoms with E-state index in [9.17, 15) is 4.79 Å². The summed E-state index contributed by atoms with van der Waals surface area (Å²) in [5, 5.41) is 0. The standard InChI is InChI=1S/C12H24N2O2/c1-3-10(2)8-11(9-13)12(15)14-4-6-16-7-5-14/h10-11H,3-9,13H2,1-2H3. The maximum Gasteiger partial charge on any atom is 0.227 e. The van der Waals surface area contributed by atoms with Crippen molar-refractivity contribution in [3.8, 4) is 0 Å². The molecule has 1 heterocycles. The smallest absolute Gasteiger partial charge is 0.227 e. The third-order valence-corrected chi connectivity index (χ3v) is 3.34. The molecule has 1 aliphatic heterocycles. The van der Waals surface area contributed by atoms with Gasteiger partial charge in [0.1, 0.15) is 0 Å². The van der Waals surface area contributed by atoms with Crippen LogP contribution in [0.5, 0.6) is 0 Å². The summed E-state index contributed by atoms with van der Waals surface area (Å²) in [5.74, 6) is 0.776. The first-order chi connectivity index (χ1) is 7.69. The summed E-state index contributed by atoms with van der Waals surface area (Å²) < 4.78 is 5.24. The van der Waals surface area contributed by atoms with Gasteiger partial charge in [0.15, 0.2) is 0 Å². The van der Waals surface area contributed by atoms with Crippen molar-refractivity contribution in [3.05, 3.63) is 0 Å². The molecule has 0 aromatic heterocycles. The Morgan fingerprint density at radius 3 is 2.56 bits per heavy atom. The molecule has 1 saturated heterocycles. The lowest BCUT2D eigenvalue weighted by molar-refractivity contribution is -0.139. The van der Waals surface area contributed by atoms with Crippen LogP contribution in [0.2, 0.25) is 0 Å². The van der Waals surface area contributed by atoms with Crippen molar-refractivity contribution in [2.45, 2.75) is 26.7 Å². The van der Waals surface area contributed by atoms with Crippen molar-refractivity contribution in [2.75, 3.05) is 32.8 Å². The lowest BCUT2D eigenvalue weighted by atomic mass is 9.93. The van der Waals surface area contributed by atoms with Crippen molar-refractivity contribution in [1.82, 2.24) is 4.90 Å². The van der Waals surface area contributed by atoms with Gasteiger partial charge < -0.3 is 15.4 Å². The zero-order valence-corrected chi connectivity index (χ0v) is 10.4. The average Bonchev–Trinajstić information content (AvgIpc) is 2.35. The Hall–Kier alpha value is -0.610. The summed E-state index contributed by atoms with van der Waals surface area (Å²) in [5.41, 5.74) is 5.70. The normalized spacial score (nSPS) is 20.6. The fraction of sp³-hybridized carbons (Fsp3) is 0.917. The first-order valence-corrected chi connectivity index (χ1v) is 6.25. The molecule has 2 unspecified atom stereocenters. The van der Waals surface area contributed by atoms with E-state index in [2.05, 4.69) is 13.8 Å². The van der Waals surface area contributed by atoms with Gasteiger partial charge in [0.25, 0.3) is 0 Å². The van der Waals surface area contributed by atoms with Crippen LogP contribution in [-0.4, -0.2) is 43.7 Å². The highest BCUT2D eigenvalue weighted by molar-refractivity contribution is 5.79. The topological polar surface area (TPSA) is 55.6 Å². The number of amides is 1. The first-order valence-electron chi connectivity index (χ1n) is 6.25. The minimum Gasteiger partial charge on any atom is -0.378 e. The summed E-state index contributed by atoms with van der Waals surface area (Å²) in [7, 11) is 0. The Bertz CT molecular complexity index is 215. The highest BCUT2D eigenvalue weighted by atomic mass is 16.5. The van der Waals surface area contributed by atoms with Crippen LogP contribution in [0.25, 0.3) is 0 Å². The molecule has 4 heteroatoms. The minimum atomic E-state index is -0.00644. The molecule has 0 aromatic rings. The lowest BCUT2D eigenvalue weighted by Crippen LogP contribution is -2.45. The number of carbonyl (C=O) groups excluding carboxylic acids is 1. The van der Waals surface area contributed by atoms with Gasteiger partial charge in [-0.1, -0.05) is 20.3 Å². The summed E-state index contributed by atoms with van der Waals surface area (Å²) in [6.07, 6.45) is 2.01. The summed E-state index contributed by atoms with van der Waals surface area (Å²) in [4.78, 5) is 14.1. The van der Waals surface area contributed by atoms with E-state index < -0.39 is 0 Å². The number of ether oxygens (including phenoxy) is 1. The van der Waals surface area contributed by atoms with Gasteiger partial charge in [-0.15, -0.1) is 0 Å². The van der Waals surface area contributed by atoms with E-state index in [1.807, 2.05) is 4.90 Å². The first kappa shape index (κ1) is 13.5. The van der Waals surface area contributed by atoms with Crippen molar-refractivity contribution in [3.63, 3.8) is 0 Å². The van der Waals surface area contributed by atoms with Crippen LogP contribution in [0.15, 0.2) is 0 Å². The molecule has 1 rings (SSSR count).